The number of phenolic OH excluding ortho intramolecular Hbond substituents is 1. The van der Waals surface area contributed by atoms with E-state index in [-0.39, 0.29) is 35.1 Å². The topological polar surface area (TPSA) is 109 Å². The normalized spacial score (nSPS) is 12.0. The maximum atomic E-state index is 14.9. The monoisotopic (exact) mass is 448 g/mol. The van der Waals surface area contributed by atoms with Crippen LogP contribution in [-0.2, 0) is 9.59 Å². The number of aromatic hydroxyl groups is 1. The predicted octanol–water partition coefficient (Wildman–Crippen LogP) is 3.46. The molecule has 0 aliphatic heterocycles. The number of aromatic nitrogens is 1. The summed E-state index contributed by atoms with van der Waals surface area (Å²) in [5.74, 6) is -8.23. The number of nitrogens with one attached hydrogen (secondary N) is 1. The zero-order chi connectivity index (χ0) is 23.7. The highest BCUT2D eigenvalue weighted by molar-refractivity contribution is 6.06. The molecule has 0 fully saturated rings. The Hall–Kier alpha value is -3.82. The van der Waals surface area contributed by atoms with E-state index in [2.05, 4.69) is 5.32 Å². The molecular weight excluding hydrogens is 429 g/mol. The summed E-state index contributed by atoms with van der Waals surface area (Å²) < 4.78 is 43.8. The molecule has 0 radical (unpaired) electrons. The smallest absolute Gasteiger partial charge is 0.305 e. The van der Waals surface area contributed by atoms with Gasteiger partial charge in [0.05, 0.1) is 23.4 Å². The quantitative estimate of drug-likeness (QED) is 0.535. The number of carboxylic acids is 1. The fourth-order valence-corrected chi connectivity index (χ4v) is 3.64. The molecule has 3 N–H and O–H groups in total. The van der Waals surface area contributed by atoms with Crippen LogP contribution in [0.5, 0.6) is 5.75 Å². The number of carbonyl (C=O) groups is 3. The summed E-state index contributed by atoms with van der Waals surface area (Å²) in [7, 11) is 0. The van der Waals surface area contributed by atoms with Gasteiger partial charge in [0.2, 0.25) is 5.91 Å². The lowest BCUT2D eigenvalue weighted by molar-refractivity contribution is -0.136. The number of fused-ring (bicyclic) bond motifs is 1. The Balaban J connectivity index is 2.18. The van der Waals surface area contributed by atoms with Gasteiger partial charge in [0.15, 0.2) is 23.2 Å². The van der Waals surface area contributed by atoms with Crippen molar-refractivity contribution < 1.29 is 37.8 Å². The number of rotatable bonds is 6. The van der Waals surface area contributed by atoms with E-state index in [9.17, 15) is 32.7 Å². The zero-order valence-corrected chi connectivity index (χ0v) is 17.1. The summed E-state index contributed by atoms with van der Waals surface area (Å²) in [5, 5.41) is 20.8. The maximum Gasteiger partial charge on any atom is 0.305 e. The van der Waals surface area contributed by atoms with E-state index in [1.54, 1.807) is 0 Å². The Bertz CT molecular complexity index is 1250. The first-order valence-corrected chi connectivity index (χ1v) is 9.56. The molecule has 0 aliphatic carbocycles. The second kappa shape index (κ2) is 8.74. The predicted molar refractivity (Wildman–Crippen MR) is 108 cm³/mol. The lowest BCUT2D eigenvalue weighted by Gasteiger charge is -2.14. The van der Waals surface area contributed by atoms with Gasteiger partial charge < -0.3 is 15.5 Å². The third kappa shape index (κ3) is 3.91. The van der Waals surface area contributed by atoms with E-state index < -0.39 is 52.5 Å². The lowest BCUT2D eigenvalue weighted by Crippen LogP contribution is -2.30. The minimum Gasteiger partial charge on any atom is -0.505 e. The van der Waals surface area contributed by atoms with Gasteiger partial charge in [-0.2, -0.15) is 0 Å². The van der Waals surface area contributed by atoms with Crippen molar-refractivity contribution in [3.63, 3.8) is 0 Å². The zero-order valence-electron chi connectivity index (χ0n) is 17.1. The molecule has 1 heterocycles. The molecule has 0 bridgehead atoms. The van der Waals surface area contributed by atoms with Crippen LogP contribution in [0.15, 0.2) is 30.3 Å². The summed E-state index contributed by atoms with van der Waals surface area (Å²) in [5.41, 5.74) is -0.513. The fourth-order valence-electron chi connectivity index (χ4n) is 3.64. The molecule has 1 atom stereocenters. The lowest BCUT2D eigenvalue weighted by atomic mass is 9.96. The van der Waals surface area contributed by atoms with E-state index in [0.717, 1.165) is 28.8 Å². The van der Waals surface area contributed by atoms with Crippen molar-refractivity contribution in [2.24, 2.45) is 0 Å². The van der Waals surface area contributed by atoms with Crippen LogP contribution in [0, 0.1) is 24.4 Å². The largest absolute Gasteiger partial charge is 0.505 e. The third-order valence-corrected chi connectivity index (χ3v) is 5.18. The van der Waals surface area contributed by atoms with Crippen molar-refractivity contribution >= 4 is 28.7 Å². The standard InChI is InChI=1S/C22H19F3N2O5/c1-10(21(31)26-9-8-16(29)30)17-11(2)27(14-6-7-15(28)20(25)18(14)17)22(32)12-4-3-5-13(23)19(12)24/h3-7,10,28H,8-9H2,1-2H3,(H,26,31)(H,29,30). The number of aliphatic carboxylic acids is 1. The number of phenols is 1. The van der Waals surface area contributed by atoms with Crippen LogP contribution >= 0.6 is 0 Å². The van der Waals surface area contributed by atoms with Crippen molar-refractivity contribution in [3.8, 4) is 5.75 Å². The second-order valence-corrected chi connectivity index (χ2v) is 7.19. The SMILES string of the molecule is Cc1c(C(C)C(=O)NCCC(=O)O)c2c(F)c(O)ccc2n1C(=O)c1cccc(F)c1F. The van der Waals surface area contributed by atoms with E-state index >= 15 is 0 Å². The van der Waals surface area contributed by atoms with Crippen molar-refractivity contribution in [1.82, 2.24) is 9.88 Å². The summed E-state index contributed by atoms with van der Waals surface area (Å²) in [6.45, 7) is 2.65. The number of carbonyl (C=O) groups excluding carboxylic acids is 2. The highest BCUT2D eigenvalue weighted by Gasteiger charge is 2.30. The molecule has 1 aromatic heterocycles. The molecule has 0 aliphatic rings. The summed E-state index contributed by atoms with van der Waals surface area (Å²) in [6, 6.07) is 5.31. The number of halogens is 3. The second-order valence-electron chi connectivity index (χ2n) is 7.19. The summed E-state index contributed by atoms with van der Waals surface area (Å²) in [6.07, 6.45) is -0.328. The molecule has 7 nitrogen and oxygen atoms in total. The van der Waals surface area contributed by atoms with Crippen molar-refractivity contribution in [2.75, 3.05) is 6.54 Å². The van der Waals surface area contributed by atoms with Gasteiger partial charge in [0.1, 0.15) is 0 Å². The van der Waals surface area contributed by atoms with E-state index in [0.29, 0.717) is 0 Å². The van der Waals surface area contributed by atoms with Gasteiger partial charge in [0, 0.05) is 17.6 Å². The van der Waals surface area contributed by atoms with Gasteiger partial charge in [-0.15, -0.1) is 0 Å². The molecule has 2 aromatic carbocycles. The maximum absolute atomic E-state index is 14.9. The van der Waals surface area contributed by atoms with Gasteiger partial charge in [-0.25, -0.2) is 13.2 Å². The Morgan fingerprint density at radius 3 is 2.44 bits per heavy atom. The molecule has 10 heteroatoms. The van der Waals surface area contributed by atoms with Gasteiger partial charge >= 0.3 is 5.97 Å². The number of amides is 1. The van der Waals surface area contributed by atoms with Crippen LogP contribution < -0.4 is 5.32 Å². The molecule has 3 rings (SSSR count). The van der Waals surface area contributed by atoms with Crippen LogP contribution in [0.4, 0.5) is 13.2 Å². The number of carboxylic acid groups (broad SMARTS) is 1. The highest BCUT2D eigenvalue weighted by Crippen LogP contribution is 2.37. The number of nitrogens with zero attached hydrogens (tertiary/aromatic N) is 1. The first-order valence-electron chi connectivity index (χ1n) is 9.56. The Morgan fingerprint density at radius 2 is 1.78 bits per heavy atom. The molecular formula is C22H19F3N2O5. The molecule has 0 saturated heterocycles. The molecule has 1 unspecified atom stereocenters. The Morgan fingerprint density at radius 1 is 1.09 bits per heavy atom. The molecule has 3 aromatic rings. The third-order valence-electron chi connectivity index (χ3n) is 5.18. The van der Waals surface area contributed by atoms with E-state index in [1.165, 1.54) is 19.9 Å². The minimum atomic E-state index is -1.38. The van der Waals surface area contributed by atoms with E-state index in [4.69, 9.17) is 5.11 Å². The van der Waals surface area contributed by atoms with Crippen LogP contribution in [-0.4, -0.2) is 39.1 Å². The molecule has 1 amide bonds. The van der Waals surface area contributed by atoms with Gasteiger partial charge in [-0.05, 0) is 43.7 Å². The van der Waals surface area contributed by atoms with Gasteiger partial charge in [-0.3, -0.25) is 19.0 Å². The van der Waals surface area contributed by atoms with E-state index in [1.807, 2.05) is 0 Å². The first kappa shape index (κ1) is 22.9. The first-order chi connectivity index (χ1) is 15.1. The van der Waals surface area contributed by atoms with Gasteiger partial charge in [-0.1, -0.05) is 6.07 Å². The minimum absolute atomic E-state index is 0.0476. The molecule has 0 saturated carbocycles. The fraction of sp³-hybridized carbons (Fsp3) is 0.227. The number of benzene rings is 2. The average Bonchev–Trinajstić information content (AvgIpc) is 3.03. The number of hydrogen-bond acceptors (Lipinski definition) is 4. The average molecular weight is 448 g/mol. The van der Waals surface area contributed by atoms with Crippen LogP contribution in [0.2, 0.25) is 0 Å². The highest BCUT2D eigenvalue weighted by atomic mass is 19.2. The Labute approximate surface area is 180 Å². The van der Waals surface area contributed by atoms with Crippen LogP contribution in [0.25, 0.3) is 10.9 Å². The number of hydrogen-bond donors (Lipinski definition) is 3. The van der Waals surface area contributed by atoms with Gasteiger partial charge in [0.25, 0.3) is 5.91 Å². The van der Waals surface area contributed by atoms with Crippen LogP contribution in [0.1, 0.15) is 40.9 Å². The van der Waals surface area contributed by atoms with Crippen molar-refractivity contribution in [1.29, 1.82) is 0 Å². The van der Waals surface area contributed by atoms with Crippen molar-refractivity contribution in [2.45, 2.75) is 26.2 Å². The summed E-state index contributed by atoms with van der Waals surface area (Å²) >= 11 is 0. The van der Waals surface area contributed by atoms with Crippen LogP contribution in [0.3, 0.4) is 0 Å². The Kier molecular flexibility index (Phi) is 6.24. The summed E-state index contributed by atoms with van der Waals surface area (Å²) in [4.78, 5) is 36.4. The molecule has 32 heavy (non-hydrogen) atoms. The van der Waals surface area contributed by atoms with Crippen molar-refractivity contribution in [3.05, 3.63) is 64.6 Å². The molecule has 0 spiro atoms. The molecule has 168 valence electrons.